The topological polar surface area (TPSA) is 38.0 Å². The van der Waals surface area contributed by atoms with Gasteiger partial charge in [-0.25, -0.2) is 0 Å². The van der Waals surface area contributed by atoms with Crippen LogP contribution in [0.4, 0.5) is 0 Å². The number of hydrazine groups is 1. The molecule has 0 aliphatic heterocycles. The lowest BCUT2D eigenvalue weighted by Crippen LogP contribution is -2.23. The van der Waals surface area contributed by atoms with Crippen LogP contribution in [-0.2, 0) is 0 Å². The van der Waals surface area contributed by atoms with E-state index in [1.54, 1.807) is 5.57 Å². The quantitative estimate of drug-likeness (QED) is 0.353. The summed E-state index contributed by atoms with van der Waals surface area (Å²) >= 11 is 0. The summed E-state index contributed by atoms with van der Waals surface area (Å²) in [7, 11) is 0. The standard InChI is InChI=1S/C8H16N2/c9-10-7-6-8-4-2-1-3-5-8/h4,10H,1-3,5-7,9H2. The van der Waals surface area contributed by atoms with E-state index in [0.717, 1.165) is 13.0 Å². The number of hydrogen-bond acceptors (Lipinski definition) is 2. The van der Waals surface area contributed by atoms with E-state index in [2.05, 4.69) is 11.5 Å². The van der Waals surface area contributed by atoms with Gasteiger partial charge in [0.1, 0.15) is 0 Å². The SMILES string of the molecule is NNCCC1=CCCCC1. The fraction of sp³-hybridized carbons (Fsp3) is 0.750. The molecule has 0 amide bonds. The van der Waals surface area contributed by atoms with Gasteiger partial charge in [-0.2, -0.15) is 0 Å². The summed E-state index contributed by atoms with van der Waals surface area (Å²) in [6.45, 7) is 0.922. The zero-order valence-corrected chi connectivity index (χ0v) is 6.40. The highest BCUT2D eigenvalue weighted by atomic mass is 15.2. The lowest BCUT2D eigenvalue weighted by atomic mass is 9.97. The molecule has 0 unspecified atom stereocenters. The van der Waals surface area contributed by atoms with E-state index in [1.165, 1.54) is 25.7 Å². The molecule has 0 radical (unpaired) electrons. The molecule has 0 atom stereocenters. The molecular weight excluding hydrogens is 124 g/mol. The molecule has 58 valence electrons. The van der Waals surface area contributed by atoms with Crippen LogP contribution in [0, 0.1) is 0 Å². The summed E-state index contributed by atoms with van der Waals surface area (Å²) in [5.74, 6) is 5.17. The van der Waals surface area contributed by atoms with Crippen molar-refractivity contribution in [3.63, 3.8) is 0 Å². The molecule has 0 saturated carbocycles. The van der Waals surface area contributed by atoms with Crippen molar-refractivity contribution in [1.29, 1.82) is 0 Å². The van der Waals surface area contributed by atoms with Crippen molar-refractivity contribution in [3.05, 3.63) is 11.6 Å². The predicted molar refractivity (Wildman–Crippen MR) is 43.4 cm³/mol. The summed E-state index contributed by atoms with van der Waals surface area (Å²) in [6, 6.07) is 0. The molecule has 0 bridgehead atoms. The Hall–Kier alpha value is -0.340. The maximum absolute atomic E-state index is 5.17. The van der Waals surface area contributed by atoms with Gasteiger partial charge in [0, 0.05) is 6.54 Å². The Labute approximate surface area is 62.5 Å². The fourth-order valence-corrected chi connectivity index (χ4v) is 1.36. The van der Waals surface area contributed by atoms with Gasteiger partial charge in [0.05, 0.1) is 0 Å². The average molecular weight is 140 g/mol. The summed E-state index contributed by atoms with van der Waals surface area (Å²) in [5.41, 5.74) is 4.26. The molecule has 2 heteroatoms. The van der Waals surface area contributed by atoms with Crippen molar-refractivity contribution < 1.29 is 0 Å². The average Bonchev–Trinajstić information content (AvgIpc) is 2.03. The number of allylic oxidation sites excluding steroid dienone is 1. The second-order valence-electron chi connectivity index (χ2n) is 2.81. The maximum Gasteiger partial charge on any atom is 0.0135 e. The van der Waals surface area contributed by atoms with Crippen LogP contribution in [0.1, 0.15) is 32.1 Å². The molecule has 0 saturated heterocycles. The molecule has 1 rings (SSSR count). The molecule has 1 aliphatic rings. The lowest BCUT2D eigenvalue weighted by molar-refractivity contribution is 0.646. The molecule has 1 aliphatic carbocycles. The van der Waals surface area contributed by atoms with E-state index in [1.807, 2.05) is 0 Å². The van der Waals surface area contributed by atoms with E-state index in [0.29, 0.717) is 0 Å². The molecule has 2 nitrogen and oxygen atoms in total. The van der Waals surface area contributed by atoms with Crippen LogP contribution in [-0.4, -0.2) is 6.54 Å². The van der Waals surface area contributed by atoms with Crippen molar-refractivity contribution >= 4 is 0 Å². The number of hydrogen-bond donors (Lipinski definition) is 2. The largest absolute Gasteiger partial charge is 0.271 e. The summed E-state index contributed by atoms with van der Waals surface area (Å²) in [6.07, 6.45) is 8.81. The first-order valence-corrected chi connectivity index (χ1v) is 4.05. The first-order chi connectivity index (χ1) is 4.93. The summed E-state index contributed by atoms with van der Waals surface area (Å²) in [4.78, 5) is 0. The minimum absolute atomic E-state index is 0.922. The number of rotatable bonds is 3. The Balaban J connectivity index is 2.18. The molecule has 10 heavy (non-hydrogen) atoms. The molecule has 0 heterocycles. The van der Waals surface area contributed by atoms with Gasteiger partial charge in [0.15, 0.2) is 0 Å². The Morgan fingerprint density at radius 3 is 3.00 bits per heavy atom. The van der Waals surface area contributed by atoms with Crippen LogP contribution in [0.15, 0.2) is 11.6 Å². The minimum Gasteiger partial charge on any atom is -0.271 e. The van der Waals surface area contributed by atoms with Crippen LogP contribution in [0.25, 0.3) is 0 Å². The van der Waals surface area contributed by atoms with Gasteiger partial charge in [-0.3, -0.25) is 11.3 Å². The van der Waals surface area contributed by atoms with Gasteiger partial charge in [0.2, 0.25) is 0 Å². The molecule has 0 fully saturated rings. The zero-order chi connectivity index (χ0) is 7.23. The van der Waals surface area contributed by atoms with E-state index >= 15 is 0 Å². The van der Waals surface area contributed by atoms with Crippen molar-refractivity contribution in [3.8, 4) is 0 Å². The van der Waals surface area contributed by atoms with Gasteiger partial charge in [-0.05, 0) is 32.1 Å². The highest BCUT2D eigenvalue weighted by Gasteiger charge is 2.01. The highest BCUT2D eigenvalue weighted by Crippen LogP contribution is 2.18. The highest BCUT2D eigenvalue weighted by molar-refractivity contribution is 5.04. The van der Waals surface area contributed by atoms with Gasteiger partial charge < -0.3 is 0 Å². The third-order valence-corrected chi connectivity index (χ3v) is 1.98. The van der Waals surface area contributed by atoms with E-state index < -0.39 is 0 Å². The summed E-state index contributed by atoms with van der Waals surface area (Å²) < 4.78 is 0. The van der Waals surface area contributed by atoms with E-state index in [9.17, 15) is 0 Å². The first kappa shape index (κ1) is 7.76. The Morgan fingerprint density at radius 1 is 1.50 bits per heavy atom. The van der Waals surface area contributed by atoms with Crippen molar-refractivity contribution in [2.24, 2.45) is 5.84 Å². The molecule has 0 spiro atoms. The molecule has 3 N–H and O–H groups in total. The first-order valence-electron chi connectivity index (χ1n) is 4.05. The maximum atomic E-state index is 5.17. The van der Waals surface area contributed by atoms with Gasteiger partial charge in [-0.15, -0.1) is 0 Å². The second-order valence-corrected chi connectivity index (χ2v) is 2.81. The third kappa shape index (κ3) is 2.50. The molecule has 0 aromatic heterocycles. The Morgan fingerprint density at radius 2 is 2.40 bits per heavy atom. The number of nitrogens with two attached hydrogens (primary N) is 1. The van der Waals surface area contributed by atoms with Crippen molar-refractivity contribution in [2.75, 3.05) is 6.54 Å². The molecule has 0 aromatic carbocycles. The Bertz CT molecular complexity index is 118. The van der Waals surface area contributed by atoms with Crippen LogP contribution in [0.2, 0.25) is 0 Å². The second kappa shape index (κ2) is 4.47. The Kier molecular flexibility index (Phi) is 3.47. The minimum atomic E-state index is 0.922. The zero-order valence-electron chi connectivity index (χ0n) is 6.40. The lowest BCUT2D eigenvalue weighted by Gasteiger charge is -2.11. The third-order valence-electron chi connectivity index (χ3n) is 1.98. The van der Waals surface area contributed by atoms with Crippen LogP contribution >= 0.6 is 0 Å². The van der Waals surface area contributed by atoms with Gasteiger partial charge in [0.25, 0.3) is 0 Å². The van der Waals surface area contributed by atoms with E-state index in [4.69, 9.17) is 5.84 Å². The normalized spacial score (nSPS) is 18.7. The summed E-state index contributed by atoms with van der Waals surface area (Å²) in [5, 5.41) is 0. The van der Waals surface area contributed by atoms with Crippen LogP contribution < -0.4 is 11.3 Å². The van der Waals surface area contributed by atoms with Crippen molar-refractivity contribution in [1.82, 2.24) is 5.43 Å². The smallest absolute Gasteiger partial charge is 0.0135 e. The number of nitrogens with one attached hydrogen (secondary N) is 1. The predicted octanol–water partition coefficient (Wildman–Crippen LogP) is 1.34. The molecule has 0 aromatic rings. The molecular formula is C8H16N2. The monoisotopic (exact) mass is 140 g/mol. The van der Waals surface area contributed by atoms with Crippen molar-refractivity contribution in [2.45, 2.75) is 32.1 Å². The fourth-order valence-electron chi connectivity index (χ4n) is 1.36. The van der Waals surface area contributed by atoms with E-state index in [-0.39, 0.29) is 0 Å². The van der Waals surface area contributed by atoms with Crippen LogP contribution in [0.5, 0.6) is 0 Å². The van der Waals surface area contributed by atoms with Crippen LogP contribution in [0.3, 0.4) is 0 Å². The van der Waals surface area contributed by atoms with Gasteiger partial charge >= 0.3 is 0 Å². The van der Waals surface area contributed by atoms with Gasteiger partial charge in [-0.1, -0.05) is 11.6 Å².